The summed E-state index contributed by atoms with van der Waals surface area (Å²) in [6, 6.07) is 0.855. The van der Waals surface area contributed by atoms with E-state index in [2.05, 4.69) is 41.0 Å². The summed E-state index contributed by atoms with van der Waals surface area (Å²) in [5.41, 5.74) is -0.450. The predicted octanol–water partition coefficient (Wildman–Crippen LogP) is 1.60. The van der Waals surface area contributed by atoms with Crippen molar-refractivity contribution in [1.82, 2.24) is 20.0 Å². The largest absolute Gasteiger partial charge is 0.444 e. The summed E-state index contributed by atoms with van der Waals surface area (Å²) in [6.45, 7) is 14.9. The maximum absolute atomic E-state index is 12.2. The normalized spacial score (nSPS) is 21.9. The molecular formula is C18H35N5O2. The summed E-state index contributed by atoms with van der Waals surface area (Å²) in [5.74, 6) is 0.978. The van der Waals surface area contributed by atoms with Crippen LogP contribution in [0, 0.1) is 0 Å². The van der Waals surface area contributed by atoms with Gasteiger partial charge in [-0.2, -0.15) is 0 Å². The average molecular weight is 354 g/mol. The van der Waals surface area contributed by atoms with E-state index < -0.39 is 5.60 Å². The number of nitrogens with one attached hydrogen (secondary N) is 1. The van der Waals surface area contributed by atoms with Crippen molar-refractivity contribution in [3.63, 3.8) is 0 Å². The van der Waals surface area contributed by atoms with Gasteiger partial charge in [0.05, 0.1) is 12.6 Å². The third kappa shape index (κ3) is 5.49. The van der Waals surface area contributed by atoms with Crippen LogP contribution < -0.4 is 5.32 Å². The third-order valence-electron chi connectivity index (χ3n) is 4.95. The van der Waals surface area contributed by atoms with E-state index in [4.69, 9.17) is 4.74 Å². The Bertz CT molecular complexity index is 488. The van der Waals surface area contributed by atoms with Gasteiger partial charge in [0, 0.05) is 38.8 Å². The number of carbonyl (C=O) groups is 1. The highest BCUT2D eigenvalue weighted by atomic mass is 16.6. The van der Waals surface area contributed by atoms with Gasteiger partial charge >= 0.3 is 6.09 Å². The van der Waals surface area contributed by atoms with Crippen molar-refractivity contribution in [3.05, 3.63) is 0 Å². The molecule has 1 saturated heterocycles. The van der Waals surface area contributed by atoms with Crippen molar-refractivity contribution in [2.24, 2.45) is 4.99 Å². The SMILES string of the molecule is CCC(C)N(C)CCNC1=NCC2CN(C(=O)OC(C)(C)C)CCN12. The standard InChI is InChI=1S/C18H35N5O2/c1-7-14(2)21(6)9-8-19-16-20-12-15-13-22(10-11-23(15)16)17(24)25-18(3,4)5/h14-15H,7-13H2,1-6H3,(H,19,20). The number of aliphatic imine (C=N–C) groups is 1. The Morgan fingerprint density at radius 1 is 1.44 bits per heavy atom. The number of nitrogens with zero attached hydrogens (tertiary/aromatic N) is 4. The van der Waals surface area contributed by atoms with Crippen LogP contribution in [0.4, 0.5) is 4.79 Å². The van der Waals surface area contributed by atoms with E-state index in [1.165, 1.54) is 0 Å². The number of hydrogen-bond acceptors (Lipinski definition) is 6. The second-order valence-electron chi connectivity index (χ2n) is 8.10. The highest BCUT2D eigenvalue weighted by molar-refractivity contribution is 5.82. The third-order valence-corrected chi connectivity index (χ3v) is 4.95. The molecule has 2 atom stereocenters. The minimum atomic E-state index is -0.450. The number of rotatable bonds is 5. The number of likely N-dealkylation sites (N-methyl/N-ethyl adjacent to an activating group) is 1. The van der Waals surface area contributed by atoms with E-state index in [9.17, 15) is 4.79 Å². The smallest absolute Gasteiger partial charge is 0.410 e. The second-order valence-corrected chi connectivity index (χ2v) is 8.10. The van der Waals surface area contributed by atoms with Gasteiger partial charge in [-0.05, 0) is 41.2 Å². The van der Waals surface area contributed by atoms with Crippen LogP contribution >= 0.6 is 0 Å². The molecule has 0 aromatic heterocycles. The van der Waals surface area contributed by atoms with E-state index in [1.807, 2.05) is 25.7 Å². The lowest BCUT2D eigenvalue weighted by atomic mass is 10.2. The Morgan fingerprint density at radius 2 is 2.16 bits per heavy atom. The molecule has 1 fully saturated rings. The molecule has 144 valence electrons. The molecule has 0 aromatic rings. The van der Waals surface area contributed by atoms with Crippen molar-refractivity contribution in [2.45, 2.75) is 58.7 Å². The maximum atomic E-state index is 12.2. The molecule has 2 rings (SSSR count). The van der Waals surface area contributed by atoms with Crippen LogP contribution in [-0.2, 0) is 4.74 Å². The Balaban J connectivity index is 1.77. The molecule has 2 heterocycles. The number of amides is 1. The summed E-state index contributed by atoms with van der Waals surface area (Å²) in [5, 5.41) is 3.47. The van der Waals surface area contributed by atoms with E-state index in [-0.39, 0.29) is 12.1 Å². The summed E-state index contributed by atoms with van der Waals surface area (Å²) in [6.07, 6.45) is 0.940. The average Bonchev–Trinajstić information content (AvgIpc) is 2.94. The maximum Gasteiger partial charge on any atom is 0.410 e. The lowest BCUT2D eigenvalue weighted by Gasteiger charge is -2.39. The van der Waals surface area contributed by atoms with Crippen molar-refractivity contribution in [3.8, 4) is 0 Å². The first-order chi connectivity index (χ1) is 11.7. The van der Waals surface area contributed by atoms with E-state index in [1.54, 1.807) is 0 Å². The fourth-order valence-corrected chi connectivity index (χ4v) is 3.10. The molecular weight excluding hydrogens is 318 g/mol. The van der Waals surface area contributed by atoms with Gasteiger partial charge in [-0.25, -0.2) is 4.79 Å². The molecule has 2 unspecified atom stereocenters. The molecule has 1 amide bonds. The van der Waals surface area contributed by atoms with Crippen molar-refractivity contribution in [2.75, 3.05) is 46.3 Å². The van der Waals surface area contributed by atoms with Gasteiger partial charge < -0.3 is 24.8 Å². The van der Waals surface area contributed by atoms with Crippen LogP contribution in [0.15, 0.2) is 4.99 Å². The Labute approximate surface area is 152 Å². The number of piperazine rings is 1. The molecule has 25 heavy (non-hydrogen) atoms. The fourth-order valence-electron chi connectivity index (χ4n) is 3.10. The summed E-state index contributed by atoms with van der Waals surface area (Å²) < 4.78 is 5.49. The minimum Gasteiger partial charge on any atom is -0.444 e. The summed E-state index contributed by atoms with van der Waals surface area (Å²) in [7, 11) is 2.16. The van der Waals surface area contributed by atoms with Crippen LogP contribution in [0.1, 0.15) is 41.0 Å². The molecule has 2 aliphatic heterocycles. The quantitative estimate of drug-likeness (QED) is 0.813. The van der Waals surface area contributed by atoms with Gasteiger partial charge in [0.1, 0.15) is 5.60 Å². The molecule has 2 aliphatic rings. The Morgan fingerprint density at radius 3 is 2.80 bits per heavy atom. The van der Waals surface area contributed by atoms with Gasteiger partial charge in [-0.1, -0.05) is 6.92 Å². The number of carbonyl (C=O) groups excluding carboxylic acids is 1. The first-order valence-corrected chi connectivity index (χ1v) is 9.44. The summed E-state index contributed by atoms with van der Waals surface area (Å²) in [4.78, 5) is 23.4. The molecule has 0 aliphatic carbocycles. The molecule has 0 radical (unpaired) electrons. The van der Waals surface area contributed by atoms with E-state index in [0.29, 0.717) is 19.1 Å². The van der Waals surface area contributed by atoms with Crippen LogP contribution in [0.2, 0.25) is 0 Å². The Hall–Kier alpha value is -1.50. The van der Waals surface area contributed by atoms with Crippen molar-refractivity contribution < 1.29 is 9.53 Å². The molecule has 7 heteroatoms. The first kappa shape index (κ1) is 19.8. The van der Waals surface area contributed by atoms with Gasteiger partial charge in [0.25, 0.3) is 0 Å². The molecule has 0 saturated carbocycles. The minimum absolute atomic E-state index is 0.219. The van der Waals surface area contributed by atoms with Crippen molar-refractivity contribution >= 4 is 12.1 Å². The number of ether oxygens (including phenoxy) is 1. The number of guanidine groups is 1. The van der Waals surface area contributed by atoms with Gasteiger partial charge in [-0.3, -0.25) is 4.99 Å². The van der Waals surface area contributed by atoms with Crippen LogP contribution in [0.25, 0.3) is 0 Å². The summed E-state index contributed by atoms with van der Waals surface area (Å²) >= 11 is 0. The molecule has 0 bridgehead atoms. The van der Waals surface area contributed by atoms with Gasteiger partial charge in [0.2, 0.25) is 0 Å². The predicted molar refractivity (Wildman–Crippen MR) is 101 cm³/mol. The second kappa shape index (κ2) is 8.25. The van der Waals surface area contributed by atoms with Crippen LogP contribution in [-0.4, -0.2) is 90.8 Å². The van der Waals surface area contributed by atoms with E-state index in [0.717, 1.165) is 38.6 Å². The first-order valence-electron chi connectivity index (χ1n) is 9.44. The highest BCUT2D eigenvalue weighted by Gasteiger charge is 2.36. The van der Waals surface area contributed by atoms with Gasteiger partial charge in [-0.15, -0.1) is 0 Å². The monoisotopic (exact) mass is 353 g/mol. The number of hydrogen-bond donors (Lipinski definition) is 1. The zero-order valence-corrected chi connectivity index (χ0v) is 16.7. The zero-order valence-electron chi connectivity index (χ0n) is 16.7. The zero-order chi connectivity index (χ0) is 18.6. The van der Waals surface area contributed by atoms with E-state index >= 15 is 0 Å². The molecule has 7 nitrogen and oxygen atoms in total. The topological polar surface area (TPSA) is 60.4 Å². The van der Waals surface area contributed by atoms with Gasteiger partial charge in [0.15, 0.2) is 5.96 Å². The molecule has 1 N–H and O–H groups in total. The highest BCUT2D eigenvalue weighted by Crippen LogP contribution is 2.18. The Kier molecular flexibility index (Phi) is 6.54. The van der Waals surface area contributed by atoms with Crippen LogP contribution in [0.5, 0.6) is 0 Å². The van der Waals surface area contributed by atoms with Crippen molar-refractivity contribution in [1.29, 1.82) is 0 Å². The number of fused-ring (bicyclic) bond motifs is 1. The fraction of sp³-hybridized carbons (Fsp3) is 0.889. The molecule has 0 aromatic carbocycles. The van der Waals surface area contributed by atoms with Crippen LogP contribution in [0.3, 0.4) is 0 Å². The lowest BCUT2D eigenvalue weighted by Crippen LogP contribution is -2.57. The lowest BCUT2D eigenvalue weighted by molar-refractivity contribution is 0.0137. The molecule has 0 spiro atoms.